The molecular weight excluding hydrogens is 546 g/mol. The van der Waals surface area contributed by atoms with E-state index in [1.54, 1.807) is 0 Å². The second kappa shape index (κ2) is 14.1. The van der Waals surface area contributed by atoms with Gasteiger partial charge < -0.3 is 9.47 Å². The minimum atomic E-state index is -0.273. The Morgan fingerprint density at radius 2 is 1.27 bits per heavy atom. The Morgan fingerprint density at radius 3 is 1.90 bits per heavy atom. The van der Waals surface area contributed by atoms with E-state index in [-0.39, 0.29) is 31.3 Å². The zero-order chi connectivity index (χ0) is 28.5. The van der Waals surface area contributed by atoms with Gasteiger partial charge in [0.2, 0.25) is 5.13 Å². The van der Waals surface area contributed by atoms with E-state index >= 15 is 0 Å². The molecule has 1 amide bonds. The Hall–Kier alpha value is -3.70. The fourth-order valence-corrected chi connectivity index (χ4v) is 5.73. The summed E-state index contributed by atoms with van der Waals surface area (Å²) in [5.41, 5.74) is 4.30. The highest BCUT2D eigenvalue weighted by Crippen LogP contribution is 2.21. The number of aryl methyl sites for hydroxylation is 6. The zero-order valence-electron chi connectivity index (χ0n) is 23.2. The van der Waals surface area contributed by atoms with Crippen LogP contribution in [0.3, 0.4) is 0 Å². The normalized spacial score (nSPS) is 10.9. The number of amides is 1. The topological polar surface area (TPSA) is 116 Å². The van der Waals surface area contributed by atoms with E-state index in [9.17, 15) is 9.59 Å². The van der Waals surface area contributed by atoms with Crippen molar-refractivity contribution in [3.63, 3.8) is 0 Å². The van der Waals surface area contributed by atoms with Gasteiger partial charge in [0, 0.05) is 12.8 Å². The number of Topliss-reactive ketones (excluding diaryl/α,β-unsaturated/α-hetero) is 1. The zero-order valence-corrected chi connectivity index (χ0v) is 24.8. The summed E-state index contributed by atoms with van der Waals surface area (Å²) in [7, 11) is 0. The smallest absolute Gasteiger partial charge is 0.264 e. The summed E-state index contributed by atoms with van der Waals surface area (Å²) in [5, 5.41) is 22.3. The summed E-state index contributed by atoms with van der Waals surface area (Å²) in [6.45, 7) is 7.88. The van der Waals surface area contributed by atoms with Crippen molar-refractivity contribution in [2.45, 2.75) is 59.8 Å². The molecule has 4 aromatic rings. The lowest BCUT2D eigenvalue weighted by Crippen LogP contribution is -2.20. The molecule has 0 radical (unpaired) electrons. The Kier molecular flexibility index (Phi) is 10.3. The van der Waals surface area contributed by atoms with Gasteiger partial charge in [-0.1, -0.05) is 46.7 Å². The van der Waals surface area contributed by atoms with Gasteiger partial charge in [0.1, 0.15) is 33.1 Å². The van der Waals surface area contributed by atoms with Gasteiger partial charge in [0.15, 0.2) is 12.4 Å². The van der Waals surface area contributed by atoms with Crippen molar-refractivity contribution >= 4 is 39.5 Å². The second-order valence-corrected chi connectivity index (χ2v) is 11.9. The summed E-state index contributed by atoms with van der Waals surface area (Å²) in [4.78, 5) is 24.6. The van der Waals surface area contributed by atoms with Crippen molar-refractivity contribution in [2.24, 2.45) is 0 Å². The molecule has 210 valence electrons. The number of unbranched alkanes of at least 4 members (excludes halogenated alkanes) is 1. The number of hydrogen-bond acceptors (Lipinski definition) is 10. The molecular formula is C29H33N5O4S2. The molecule has 0 aliphatic heterocycles. The largest absolute Gasteiger partial charge is 0.486 e. The van der Waals surface area contributed by atoms with Crippen LogP contribution in [-0.2, 0) is 28.9 Å². The number of anilines is 1. The van der Waals surface area contributed by atoms with E-state index in [4.69, 9.17) is 9.47 Å². The monoisotopic (exact) mass is 579 g/mol. The maximum absolute atomic E-state index is 12.4. The average Bonchev–Trinajstić information content (AvgIpc) is 3.54. The second-order valence-electron chi connectivity index (χ2n) is 9.68. The SMILES string of the molecule is Cc1ccc(OCC(=O)Cc2nnc(CCCCc3nnc(NC(=O)COc4ccc(C)cc4C)s3)s2)c(C)c1. The summed E-state index contributed by atoms with van der Waals surface area (Å²) < 4.78 is 11.3. The number of ether oxygens (including phenoxy) is 2. The summed E-state index contributed by atoms with van der Waals surface area (Å²) in [6, 6.07) is 11.7. The molecule has 2 aromatic heterocycles. The predicted octanol–water partition coefficient (Wildman–Crippen LogP) is 5.40. The van der Waals surface area contributed by atoms with Gasteiger partial charge in [-0.3, -0.25) is 14.9 Å². The molecule has 2 heterocycles. The maximum atomic E-state index is 12.4. The number of hydrogen-bond donors (Lipinski definition) is 1. The van der Waals surface area contributed by atoms with Crippen LogP contribution >= 0.6 is 22.7 Å². The minimum Gasteiger partial charge on any atom is -0.486 e. The van der Waals surface area contributed by atoms with Crippen LogP contribution in [-0.4, -0.2) is 45.3 Å². The van der Waals surface area contributed by atoms with Crippen LogP contribution in [0, 0.1) is 27.7 Å². The molecule has 2 aromatic carbocycles. The lowest BCUT2D eigenvalue weighted by molar-refractivity contribution is -0.120. The van der Waals surface area contributed by atoms with Crippen LogP contribution < -0.4 is 14.8 Å². The first-order valence-corrected chi connectivity index (χ1v) is 14.7. The molecule has 0 fully saturated rings. The fraction of sp³-hybridized carbons (Fsp3) is 0.379. The predicted molar refractivity (Wildman–Crippen MR) is 157 cm³/mol. The molecule has 0 bridgehead atoms. The first-order valence-electron chi connectivity index (χ1n) is 13.1. The van der Waals surface area contributed by atoms with Crippen LogP contribution in [0.2, 0.25) is 0 Å². The average molecular weight is 580 g/mol. The van der Waals surface area contributed by atoms with Crippen LogP contribution in [0.5, 0.6) is 11.5 Å². The van der Waals surface area contributed by atoms with E-state index in [2.05, 4.69) is 25.7 Å². The Bertz CT molecular complexity index is 1360. The van der Waals surface area contributed by atoms with Crippen molar-refractivity contribution in [1.82, 2.24) is 20.4 Å². The lowest BCUT2D eigenvalue weighted by Gasteiger charge is -2.09. The van der Waals surface area contributed by atoms with Crippen molar-refractivity contribution in [3.05, 3.63) is 73.7 Å². The first-order chi connectivity index (χ1) is 19.2. The maximum Gasteiger partial charge on any atom is 0.264 e. The van der Waals surface area contributed by atoms with E-state index in [0.717, 1.165) is 63.7 Å². The van der Waals surface area contributed by atoms with Gasteiger partial charge in [-0.05, 0) is 63.8 Å². The number of benzene rings is 2. The Morgan fingerprint density at radius 1 is 0.725 bits per heavy atom. The van der Waals surface area contributed by atoms with E-state index in [1.165, 1.54) is 22.7 Å². The van der Waals surface area contributed by atoms with Gasteiger partial charge in [0.05, 0.1) is 6.42 Å². The third-order valence-electron chi connectivity index (χ3n) is 6.01. The molecule has 0 aliphatic carbocycles. The molecule has 0 aliphatic rings. The van der Waals surface area contributed by atoms with Crippen LogP contribution in [0.1, 0.15) is 50.1 Å². The number of nitrogens with zero attached hydrogens (tertiary/aromatic N) is 4. The van der Waals surface area contributed by atoms with Gasteiger partial charge in [-0.15, -0.1) is 31.7 Å². The molecule has 40 heavy (non-hydrogen) atoms. The summed E-state index contributed by atoms with van der Waals surface area (Å²) in [5.74, 6) is 1.11. The van der Waals surface area contributed by atoms with Gasteiger partial charge >= 0.3 is 0 Å². The van der Waals surface area contributed by atoms with Crippen molar-refractivity contribution in [3.8, 4) is 11.5 Å². The van der Waals surface area contributed by atoms with Crippen molar-refractivity contribution in [2.75, 3.05) is 18.5 Å². The Labute approximate surface area is 242 Å². The number of rotatable bonds is 14. The van der Waals surface area contributed by atoms with Crippen molar-refractivity contribution < 1.29 is 19.1 Å². The summed E-state index contributed by atoms with van der Waals surface area (Å²) >= 11 is 2.83. The molecule has 4 rings (SSSR count). The minimum absolute atomic E-state index is 0.0164. The molecule has 9 nitrogen and oxygen atoms in total. The standard InChI is InChI=1S/C29H33N5O4S2/c1-18-9-11-23(20(3)13-18)37-16-22(35)15-28-33-31-26(39-28)7-5-6-8-27-32-34-29(40-27)30-25(36)17-38-24-12-10-19(2)14-21(24)4/h9-14H,5-8,15-17H2,1-4H3,(H,30,34,36). The van der Waals surface area contributed by atoms with E-state index in [0.29, 0.717) is 15.9 Å². The van der Waals surface area contributed by atoms with Crippen LogP contribution in [0.4, 0.5) is 5.13 Å². The van der Waals surface area contributed by atoms with Gasteiger partial charge in [-0.2, -0.15) is 0 Å². The molecule has 0 saturated carbocycles. The molecule has 0 spiro atoms. The number of aromatic nitrogens is 4. The molecule has 0 atom stereocenters. The molecule has 0 saturated heterocycles. The number of nitrogens with one attached hydrogen (secondary N) is 1. The van der Waals surface area contributed by atoms with E-state index in [1.807, 2.05) is 64.1 Å². The quantitative estimate of drug-likeness (QED) is 0.198. The number of carbonyl (C=O) groups is 2. The van der Waals surface area contributed by atoms with Crippen molar-refractivity contribution in [1.29, 1.82) is 0 Å². The molecule has 1 N–H and O–H groups in total. The molecule has 0 unspecified atom stereocenters. The third kappa shape index (κ3) is 8.92. The molecule has 11 heteroatoms. The van der Waals surface area contributed by atoms with E-state index < -0.39 is 0 Å². The van der Waals surface area contributed by atoms with Gasteiger partial charge in [-0.25, -0.2) is 0 Å². The Balaban J connectivity index is 1.12. The van der Waals surface area contributed by atoms with Crippen LogP contribution in [0.15, 0.2) is 36.4 Å². The lowest BCUT2D eigenvalue weighted by atomic mass is 10.1. The van der Waals surface area contributed by atoms with Crippen LogP contribution in [0.25, 0.3) is 0 Å². The fourth-order valence-electron chi connectivity index (χ4n) is 4.02. The third-order valence-corrected chi connectivity index (χ3v) is 7.89. The highest BCUT2D eigenvalue weighted by Gasteiger charge is 2.13. The van der Waals surface area contributed by atoms with Gasteiger partial charge in [0.25, 0.3) is 5.91 Å². The number of ketones is 1. The highest BCUT2D eigenvalue weighted by molar-refractivity contribution is 7.15. The highest BCUT2D eigenvalue weighted by atomic mass is 32.1. The first kappa shape index (κ1) is 29.3. The summed E-state index contributed by atoms with van der Waals surface area (Å²) in [6.07, 6.45) is 3.56. The number of carbonyl (C=O) groups excluding carboxylic acids is 2.